The molecule has 108 valence electrons. The Morgan fingerprint density at radius 2 is 1.90 bits per heavy atom. The van der Waals surface area contributed by atoms with Gasteiger partial charge < -0.3 is 21.0 Å². The number of hydrogen-bond acceptors (Lipinski definition) is 4. The van der Waals surface area contributed by atoms with Gasteiger partial charge in [-0.15, -0.1) is 0 Å². The zero-order valence-corrected chi connectivity index (χ0v) is 11.2. The molecule has 6 nitrogen and oxygen atoms in total. The summed E-state index contributed by atoms with van der Waals surface area (Å²) < 4.78 is 5.28. The molecule has 0 aromatic heterocycles. The molecular weight excluding hydrogens is 258 g/mol. The highest BCUT2D eigenvalue weighted by atomic mass is 16.5. The van der Waals surface area contributed by atoms with E-state index in [-0.39, 0.29) is 11.7 Å². The third kappa shape index (κ3) is 3.71. The molecule has 1 aliphatic rings. The number of amidine groups is 1. The maximum atomic E-state index is 12.0. The number of carbonyl (C=O) groups is 1. The van der Waals surface area contributed by atoms with Crippen LogP contribution >= 0.6 is 0 Å². The third-order valence-electron chi connectivity index (χ3n) is 3.44. The molecular formula is C14H19N3O3. The summed E-state index contributed by atoms with van der Waals surface area (Å²) in [6.07, 6.45) is 1.98. The maximum Gasteiger partial charge on any atom is 0.251 e. The molecule has 0 aliphatic carbocycles. The lowest BCUT2D eigenvalue weighted by Crippen LogP contribution is -2.32. The van der Waals surface area contributed by atoms with Gasteiger partial charge in [0, 0.05) is 30.9 Å². The minimum absolute atomic E-state index is 0.0270. The molecule has 2 rings (SSSR count). The SMILES string of the molecule is NC(=NO)c1ccc(C(=O)NCC2CCOCC2)cc1. The molecule has 1 aromatic rings. The highest BCUT2D eigenvalue weighted by molar-refractivity contribution is 5.99. The van der Waals surface area contributed by atoms with Crippen LogP contribution in [0.25, 0.3) is 0 Å². The summed E-state index contributed by atoms with van der Waals surface area (Å²) in [5.41, 5.74) is 6.60. The number of carbonyl (C=O) groups excluding carboxylic acids is 1. The second-order valence-electron chi connectivity index (χ2n) is 4.83. The molecule has 1 aliphatic heterocycles. The van der Waals surface area contributed by atoms with Gasteiger partial charge in [-0.1, -0.05) is 17.3 Å². The molecule has 0 radical (unpaired) electrons. The standard InChI is InChI=1S/C14H19N3O3/c15-13(17-19)11-1-3-12(4-2-11)14(18)16-9-10-5-7-20-8-6-10/h1-4,10,19H,5-9H2,(H2,15,17)(H,16,18). The Balaban J connectivity index is 1.88. The van der Waals surface area contributed by atoms with E-state index in [1.54, 1.807) is 24.3 Å². The number of nitrogens with zero attached hydrogens (tertiary/aromatic N) is 1. The zero-order chi connectivity index (χ0) is 14.4. The Hall–Kier alpha value is -2.08. The summed E-state index contributed by atoms with van der Waals surface area (Å²) in [6.45, 7) is 2.22. The number of oxime groups is 1. The summed E-state index contributed by atoms with van der Waals surface area (Å²) >= 11 is 0. The zero-order valence-electron chi connectivity index (χ0n) is 11.2. The number of amides is 1. The summed E-state index contributed by atoms with van der Waals surface area (Å²) in [7, 11) is 0. The van der Waals surface area contributed by atoms with E-state index in [2.05, 4.69) is 10.5 Å². The average Bonchev–Trinajstić information content (AvgIpc) is 2.53. The molecule has 1 fully saturated rings. The summed E-state index contributed by atoms with van der Waals surface area (Å²) in [5.74, 6) is 0.408. The predicted octanol–water partition coefficient (Wildman–Crippen LogP) is 0.937. The van der Waals surface area contributed by atoms with Gasteiger partial charge in [-0.25, -0.2) is 0 Å². The lowest BCUT2D eigenvalue weighted by atomic mass is 10.0. The van der Waals surface area contributed by atoms with E-state index in [4.69, 9.17) is 15.7 Å². The van der Waals surface area contributed by atoms with Crippen LogP contribution in [0, 0.1) is 5.92 Å². The van der Waals surface area contributed by atoms with Crippen molar-refractivity contribution < 1.29 is 14.7 Å². The van der Waals surface area contributed by atoms with E-state index in [0.717, 1.165) is 26.1 Å². The van der Waals surface area contributed by atoms with Gasteiger partial charge in [0.1, 0.15) is 0 Å². The van der Waals surface area contributed by atoms with Crippen molar-refractivity contribution in [2.24, 2.45) is 16.8 Å². The van der Waals surface area contributed by atoms with E-state index in [1.165, 1.54) is 0 Å². The summed E-state index contributed by atoms with van der Waals surface area (Å²) in [5, 5.41) is 14.4. The van der Waals surface area contributed by atoms with Crippen LogP contribution in [-0.2, 0) is 4.74 Å². The number of benzene rings is 1. The Morgan fingerprint density at radius 3 is 2.50 bits per heavy atom. The molecule has 6 heteroatoms. The van der Waals surface area contributed by atoms with E-state index in [9.17, 15) is 4.79 Å². The van der Waals surface area contributed by atoms with Gasteiger partial charge in [-0.05, 0) is 30.9 Å². The van der Waals surface area contributed by atoms with Crippen LogP contribution in [0.4, 0.5) is 0 Å². The second-order valence-corrected chi connectivity index (χ2v) is 4.83. The summed E-state index contributed by atoms with van der Waals surface area (Å²) in [6, 6.07) is 6.62. The second kappa shape index (κ2) is 6.91. The van der Waals surface area contributed by atoms with Crippen LogP contribution in [0.2, 0.25) is 0 Å². The van der Waals surface area contributed by atoms with Gasteiger partial charge in [0.15, 0.2) is 5.84 Å². The topological polar surface area (TPSA) is 96.9 Å². The first-order valence-electron chi connectivity index (χ1n) is 6.64. The molecule has 1 heterocycles. The molecule has 0 atom stereocenters. The minimum atomic E-state index is -0.109. The van der Waals surface area contributed by atoms with Crippen molar-refractivity contribution >= 4 is 11.7 Å². The molecule has 1 saturated heterocycles. The molecule has 4 N–H and O–H groups in total. The molecule has 0 spiro atoms. The van der Waals surface area contributed by atoms with E-state index in [1.807, 2.05) is 0 Å². The van der Waals surface area contributed by atoms with Crippen molar-refractivity contribution in [3.8, 4) is 0 Å². The van der Waals surface area contributed by atoms with Crippen molar-refractivity contribution in [3.05, 3.63) is 35.4 Å². The van der Waals surface area contributed by atoms with Gasteiger partial charge in [0.2, 0.25) is 0 Å². The van der Waals surface area contributed by atoms with E-state index < -0.39 is 0 Å². The van der Waals surface area contributed by atoms with Crippen LogP contribution in [0.1, 0.15) is 28.8 Å². The smallest absolute Gasteiger partial charge is 0.251 e. The highest BCUT2D eigenvalue weighted by Crippen LogP contribution is 2.13. The molecule has 1 aromatic carbocycles. The first-order valence-corrected chi connectivity index (χ1v) is 6.64. The average molecular weight is 277 g/mol. The Bertz CT molecular complexity index is 479. The van der Waals surface area contributed by atoms with E-state index in [0.29, 0.717) is 23.6 Å². The molecule has 1 amide bonds. The first-order chi connectivity index (χ1) is 9.70. The first kappa shape index (κ1) is 14.3. The lowest BCUT2D eigenvalue weighted by Gasteiger charge is -2.22. The normalized spacial score (nSPS) is 16.9. The largest absolute Gasteiger partial charge is 0.409 e. The molecule has 0 bridgehead atoms. The van der Waals surface area contributed by atoms with Gasteiger partial charge >= 0.3 is 0 Å². The fourth-order valence-corrected chi connectivity index (χ4v) is 2.14. The number of nitrogens with one attached hydrogen (secondary N) is 1. The number of hydrogen-bond donors (Lipinski definition) is 3. The van der Waals surface area contributed by atoms with Crippen molar-refractivity contribution in [2.75, 3.05) is 19.8 Å². The Morgan fingerprint density at radius 1 is 1.30 bits per heavy atom. The van der Waals surface area contributed by atoms with Crippen LogP contribution in [0.15, 0.2) is 29.4 Å². The van der Waals surface area contributed by atoms with Gasteiger partial charge in [0.25, 0.3) is 5.91 Å². The number of nitrogens with two attached hydrogens (primary N) is 1. The van der Waals surface area contributed by atoms with Crippen LogP contribution < -0.4 is 11.1 Å². The maximum absolute atomic E-state index is 12.0. The molecule has 0 saturated carbocycles. The molecule has 0 unspecified atom stereocenters. The van der Waals surface area contributed by atoms with Gasteiger partial charge in [-0.3, -0.25) is 4.79 Å². The van der Waals surface area contributed by atoms with Crippen molar-refractivity contribution in [2.45, 2.75) is 12.8 Å². The number of ether oxygens (including phenoxy) is 1. The molecule has 20 heavy (non-hydrogen) atoms. The van der Waals surface area contributed by atoms with Gasteiger partial charge in [0.05, 0.1) is 0 Å². The van der Waals surface area contributed by atoms with Crippen LogP contribution in [-0.4, -0.2) is 36.7 Å². The minimum Gasteiger partial charge on any atom is -0.409 e. The van der Waals surface area contributed by atoms with Gasteiger partial charge in [-0.2, -0.15) is 0 Å². The number of rotatable bonds is 4. The van der Waals surface area contributed by atoms with Crippen molar-refractivity contribution in [3.63, 3.8) is 0 Å². The van der Waals surface area contributed by atoms with Crippen LogP contribution in [0.5, 0.6) is 0 Å². The lowest BCUT2D eigenvalue weighted by molar-refractivity contribution is 0.0642. The quantitative estimate of drug-likeness (QED) is 0.330. The Labute approximate surface area is 117 Å². The third-order valence-corrected chi connectivity index (χ3v) is 3.44. The van der Waals surface area contributed by atoms with Crippen LogP contribution in [0.3, 0.4) is 0 Å². The highest BCUT2D eigenvalue weighted by Gasteiger charge is 2.15. The fraction of sp³-hybridized carbons (Fsp3) is 0.429. The van der Waals surface area contributed by atoms with E-state index >= 15 is 0 Å². The van der Waals surface area contributed by atoms with Crippen molar-refractivity contribution in [1.29, 1.82) is 0 Å². The predicted molar refractivity (Wildman–Crippen MR) is 74.8 cm³/mol. The summed E-state index contributed by atoms with van der Waals surface area (Å²) in [4.78, 5) is 12.0. The fourth-order valence-electron chi connectivity index (χ4n) is 2.14. The Kier molecular flexibility index (Phi) is 4.95. The van der Waals surface area contributed by atoms with Crippen molar-refractivity contribution in [1.82, 2.24) is 5.32 Å². The monoisotopic (exact) mass is 277 g/mol.